The van der Waals surface area contributed by atoms with Crippen LogP contribution < -0.4 is 9.47 Å². The van der Waals surface area contributed by atoms with Crippen molar-refractivity contribution in [2.24, 2.45) is 4.99 Å². The van der Waals surface area contributed by atoms with E-state index in [2.05, 4.69) is 20.9 Å². The highest BCUT2D eigenvalue weighted by Crippen LogP contribution is 2.40. The highest BCUT2D eigenvalue weighted by atomic mass is 79.9. The molecule has 196 valence electrons. The van der Waals surface area contributed by atoms with Gasteiger partial charge in [-0.1, -0.05) is 18.2 Å². The molecule has 0 bridgehead atoms. The van der Waals surface area contributed by atoms with Crippen molar-refractivity contribution in [3.8, 4) is 11.5 Å². The van der Waals surface area contributed by atoms with E-state index in [1.165, 1.54) is 29.8 Å². The summed E-state index contributed by atoms with van der Waals surface area (Å²) in [6.45, 7) is 2.28. The average Bonchev–Trinajstić information content (AvgIpc) is 3.16. The molecule has 3 aromatic rings. The fraction of sp³-hybridized carbons (Fsp3) is 0.179. The number of halogens is 2. The number of thioether (sulfide) groups is 1. The van der Waals surface area contributed by atoms with E-state index in [0.29, 0.717) is 55.0 Å². The number of esters is 1. The molecule has 1 saturated heterocycles. The van der Waals surface area contributed by atoms with E-state index < -0.39 is 5.97 Å². The van der Waals surface area contributed by atoms with Crippen LogP contribution in [0.1, 0.15) is 28.4 Å². The normalized spacial score (nSPS) is 15.3. The topological polar surface area (TPSA) is 77.4 Å². The number of hydrogen-bond acceptors (Lipinski definition) is 7. The third-order valence-electron chi connectivity index (χ3n) is 5.48. The summed E-state index contributed by atoms with van der Waals surface area (Å²) in [4.78, 5) is 31.1. The zero-order valence-corrected chi connectivity index (χ0v) is 23.3. The van der Waals surface area contributed by atoms with Gasteiger partial charge in [0.15, 0.2) is 16.7 Å². The lowest BCUT2D eigenvalue weighted by molar-refractivity contribution is -0.121. The second kappa shape index (κ2) is 12.3. The fourth-order valence-corrected chi connectivity index (χ4v) is 5.10. The van der Waals surface area contributed by atoms with Gasteiger partial charge in [-0.2, -0.15) is 0 Å². The molecule has 4 rings (SSSR count). The van der Waals surface area contributed by atoms with E-state index in [0.717, 1.165) is 0 Å². The summed E-state index contributed by atoms with van der Waals surface area (Å²) in [5.41, 5.74) is 2.15. The maximum Gasteiger partial charge on any atom is 0.337 e. The minimum Gasteiger partial charge on any atom is -0.490 e. The Morgan fingerprint density at radius 1 is 1.13 bits per heavy atom. The zero-order valence-electron chi connectivity index (χ0n) is 20.9. The number of likely N-dealkylation sites (N-methyl/N-ethyl adjacent to an activating group) is 1. The first-order valence-corrected chi connectivity index (χ1v) is 13.2. The number of carbonyl (C=O) groups is 2. The van der Waals surface area contributed by atoms with Crippen molar-refractivity contribution in [2.75, 3.05) is 20.8 Å². The molecule has 0 aliphatic carbocycles. The third kappa shape index (κ3) is 6.25. The van der Waals surface area contributed by atoms with Crippen LogP contribution in [-0.2, 0) is 16.1 Å². The molecule has 1 aliphatic rings. The van der Waals surface area contributed by atoms with Gasteiger partial charge >= 0.3 is 5.97 Å². The monoisotopic (exact) mass is 598 g/mol. The van der Waals surface area contributed by atoms with Gasteiger partial charge in [0.25, 0.3) is 5.91 Å². The first kappa shape index (κ1) is 27.4. The lowest BCUT2D eigenvalue weighted by Gasteiger charge is -2.15. The Labute approximate surface area is 232 Å². The summed E-state index contributed by atoms with van der Waals surface area (Å²) in [7, 11) is 2.97. The van der Waals surface area contributed by atoms with E-state index >= 15 is 0 Å². The van der Waals surface area contributed by atoms with Gasteiger partial charge in [0, 0.05) is 12.6 Å². The quantitative estimate of drug-likeness (QED) is 0.215. The van der Waals surface area contributed by atoms with Gasteiger partial charge in [0.05, 0.1) is 34.3 Å². The van der Waals surface area contributed by atoms with Crippen LogP contribution in [-0.4, -0.2) is 42.7 Å². The van der Waals surface area contributed by atoms with Crippen molar-refractivity contribution in [2.45, 2.75) is 13.5 Å². The average molecular weight is 599 g/mol. The van der Waals surface area contributed by atoms with E-state index in [-0.39, 0.29) is 18.3 Å². The van der Waals surface area contributed by atoms with Crippen LogP contribution in [0.4, 0.5) is 10.1 Å². The van der Waals surface area contributed by atoms with E-state index in [1.54, 1.807) is 67.7 Å². The number of hydrogen-bond donors (Lipinski definition) is 0. The second-order valence-corrected chi connectivity index (χ2v) is 9.91. The van der Waals surface area contributed by atoms with Crippen LogP contribution in [0, 0.1) is 5.82 Å². The Bertz CT molecular complexity index is 1430. The van der Waals surface area contributed by atoms with Crippen molar-refractivity contribution < 1.29 is 28.2 Å². The fourth-order valence-electron chi connectivity index (χ4n) is 3.54. The summed E-state index contributed by atoms with van der Waals surface area (Å²) in [5.74, 6) is -0.0707. The maximum absolute atomic E-state index is 14.0. The molecule has 0 spiro atoms. The number of nitrogens with zero attached hydrogens (tertiary/aromatic N) is 2. The standard InChI is InChI=1S/C28H24BrFN2O5S/c1-4-36-23-14-17(13-21(29)25(23)37-16-19-7-5-6-8-22(19)30)15-24-26(33)32(2)28(38-24)31-20-11-9-18(10-12-20)27(34)35-3/h5-15H,4,16H2,1-3H3/b24-15-,31-28?. The molecular weight excluding hydrogens is 575 g/mol. The van der Waals surface area contributed by atoms with Crippen LogP contribution in [0.25, 0.3) is 6.08 Å². The van der Waals surface area contributed by atoms with Gasteiger partial charge < -0.3 is 14.2 Å². The molecule has 0 saturated carbocycles. The Morgan fingerprint density at radius 3 is 2.55 bits per heavy atom. The molecule has 0 radical (unpaired) electrons. The summed E-state index contributed by atoms with van der Waals surface area (Å²) < 4.78 is 31.0. The number of aliphatic imine (C=N–C) groups is 1. The van der Waals surface area contributed by atoms with E-state index in [4.69, 9.17) is 14.2 Å². The molecule has 1 aliphatic heterocycles. The van der Waals surface area contributed by atoms with Gasteiger partial charge in [0.1, 0.15) is 12.4 Å². The number of amidine groups is 1. The molecule has 1 amide bonds. The molecule has 1 fully saturated rings. The van der Waals surface area contributed by atoms with Gasteiger partial charge in [0.2, 0.25) is 0 Å². The van der Waals surface area contributed by atoms with Crippen LogP contribution in [0.3, 0.4) is 0 Å². The molecule has 38 heavy (non-hydrogen) atoms. The van der Waals surface area contributed by atoms with Crippen molar-refractivity contribution in [1.29, 1.82) is 0 Å². The maximum atomic E-state index is 14.0. The predicted octanol–water partition coefficient (Wildman–Crippen LogP) is 6.59. The van der Waals surface area contributed by atoms with Gasteiger partial charge in [-0.05, 0) is 88.7 Å². The van der Waals surface area contributed by atoms with Crippen LogP contribution in [0.5, 0.6) is 11.5 Å². The van der Waals surface area contributed by atoms with Crippen LogP contribution in [0.15, 0.2) is 75.0 Å². The highest BCUT2D eigenvalue weighted by Gasteiger charge is 2.30. The summed E-state index contributed by atoms with van der Waals surface area (Å²) in [6, 6.07) is 16.6. The molecule has 3 aromatic carbocycles. The Hall–Kier alpha value is -3.63. The van der Waals surface area contributed by atoms with Crippen molar-refractivity contribution in [1.82, 2.24) is 4.90 Å². The van der Waals surface area contributed by atoms with Crippen LogP contribution in [0.2, 0.25) is 0 Å². The van der Waals surface area contributed by atoms with E-state index in [9.17, 15) is 14.0 Å². The summed E-state index contributed by atoms with van der Waals surface area (Å²) >= 11 is 4.76. The first-order valence-electron chi connectivity index (χ1n) is 11.6. The highest BCUT2D eigenvalue weighted by molar-refractivity contribution is 9.10. The molecule has 10 heteroatoms. The molecule has 0 atom stereocenters. The lowest BCUT2D eigenvalue weighted by Crippen LogP contribution is -2.23. The molecule has 0 aromatic heterocycles. The summed E-state index contributed by atoms with van der Waals surface area (Å²) in [5, 5.41) is 0.501. The Kier molecular flexibility index (Phi) is 8.85. The largest absolute Gasteiger partial charge is 0.490 e. The second-order valence-electron chi connectivity index (χ2n) is 8.05. The lowest BCUT2D eigenvalue weighted by atomic mass is 10.1. The van der Waals surface area contributed by atoms with Crippen molar-refractivity contribution in [3.05, 3.63) is 92.5 Å². The number of amides is 1. The Balaban J connectivity index is 1.57. The minimum atomic E-state index is -0.432. The minimum absolute atomic E-state index is 0.0331. The number of benzene rings is 3. The van der Waals surface area contributed by atoms with Crippen molar-refractivity contribution >= 4 is 56.5 Å². The van der Waals surface area contributed by atoms with Gasteiger partial charge in [-0.3, -0.25) is 9.69 Å². The predicted molar refractivity (Wildman–Crippen MR) is 149 cm³/mol. The van der Waals surface area contributed by atoms with Gasteiger partial charge in [-0.25, -0.2) is 14.2 Å². The number of methoxy groups -OCH3 is 1. The van der Waals surface area contributed by atoms with E-state index in [1.807, 2.05) is 6.92 Å². The molecule has 7 nitrogen and oxygen atoms in total. The summed E-state index contributed by atoms with van der Waals surface area (Å²) in [6.07, 6.45) is 1.75. The third-order valence-corrected chi connectivity index (χ3v) is 7.13. The first-order chi connectivity index (χ1) is 18.3. The zero-order chi connectivity index (χ0) is 27.2. The molecular formula is C28H24BrFN2O5S. The number of ether oxygens (including phenoxy) is 3. The molecule has 0 unspecified atom stereocenters. The van der Waals surface area contributed by atoms with Gasteiger partial charge in [-0.15, -0.1) is 0 Å². The van der Waals surface area contributed by atoms with Crippen LogP contribution >= 0.6 is 27.7 Å². The molecule has 0 N–H and O–H groups in total. The SMILES string of the molecule is CCOc1cc(/C=C2\SC(=Nc3ccc(C(=O)OC)cc3)N(C)C2=O)cc(Br)c1OCc1ccccc1F. The molecule has 1 heterocycles. The smallest absolute Gasteiger partial charge is 0.337 e. The van der Waals surface area contributed by atoms with Crippen molar-refractivity contribution in [3.63, 3.8) is 0 Å². The Morgan fingerprint density at radius 2 is 1.87 bits per heavy atom. The number of rotatable bonds is 8. The number of carbonyl (C=O) groups excluding carboxylic acids is 2.